The van der Waals surface area contributed by atoms with Crippen LogP contribution in [0.2, 0.25) is 5.02 Å². The maximum absolute atomic E-state index is 14.0. The standard InChI is InChI=1S/C20H18ClFN6O2/c1-11(25-19(30)7-14-9-24-20(26-14)12(2)29)10-28-4-3-18(27-28)13-5-16(21)15(8-23)17(22)6-13/h3-6,9,11H,7,10H2,1-2H3,(H,24,26)(H,25,30)/t11-/m0/s1. The Morgan fingerprint density at radius 3 is 2.83 bits per heavy atom. The number of carbonyl (C=O) groups is 2. The molecule has 3 rings (SSSR count). The highest BCUT2D eigenvalue weighted by Crippen LogP contribution is 2.26. The SMILES string of the molecule is CC(=O)c1ncc(CC(=O)N[C@@H](C)Cn2ccc(-c3cc(F)c(C#N)c(Cl)c3)n2)[nH]1. The number of hydrogen-bond donors (Lipinski definition) is 2. The molecule has 0 aliphatic carbocycles. The first-order chi connectivity index (χ1) is 14.3. The lowest BCUT2D eigenvalue weighted by atomic mass is 10.1. The summed E-state index contributed by atoms with van der Waals surface area (Å²) >= 11 is 5.95. The Morgan fingerprint density at radius 2 is 2.20 bits per heavy atom. The average molecular weight is 429 g/mol. The van der Waals surface area contributed by atoms with E-state index in [1.807, 2.05) is 6.92 Å². The van der Waals surface area contributed by atoms with Crippen LogP contribution in [0.1, 0.15) is 35.7 Å². The van der Waals surface area contributed by atoms with E-state index in [0.717, 1.165) is 0 Å². The van der Waals surface area contributed by atoms with Gasteiger partial charge < -0.3 is 10.3 Å². The Labute approximate surface area is 176 Å². The Bertz CT molecular complexity index is 1120. The summed E-state index contributed by atoms with van der Waals surface area (Å²) in [5.41, 5.74) is 1.29. The van der Waals surface area contributed by atoms with Crippen LogP contribution in [0.3, 0.4) is 0 Å². The van der Waals surface area contributed by atoms with E-state index >= 15 is 0 Å². The molecule has 1 atom stereocenters. The zero-order valence-electron chi connectivity index (χ0n) is 16.2. The zero-order valence-corrected chi connectivity index (χ0v) is 17.0. The molecular formula is C20H18ClFN6O2. The number of hydrogen-bond acceptors (Lipinski definition) is 5. The van der Waals surface area contributed by atoms with Crippen LogP contribution in [0.5, 0.6) is 0 Å². The molecule has 0 radical (unpaired) electrons. The van der Waals surface area contributed by atoms with Crippen LogP contribution in [0.15, 0.2) is 30.6 Å². The number of nitriles is 1. The Kier molecular flexibility index (Phi) is 6.28. The molecule has 0 aliphatic heterocycles. The number of amides is 1. The first-order valence-corrected chi connectivity index (χ1v) is 9.41. The van der Waals surface area contributed by atoms with Crippen molar-refractivity contribution in [3.05, 3.63) is 58.5 Å². The van der Waals surface area contributed by atoms with Crippen LogP contribution in [-0.4, -0.2) is 37.5 Å². The minimum absolute atomic E-state index is 0.0226. The summed E-state index contributed by atoms with van der Waals surface area (Å²) in [5, 5.41) is 16.2. The van der Waals surface area contributed by atoms with Crippen LogP contribution >= 0.6 is 11.6 Å². The molecule has 2 N–H and O–H groups in total. The topological polar surface area (TPSA) is 116 Å². The molecule has 0 fully saturated rings. The van der Waals surface area contributed by atoms with Crippen molar-refractivity contribution in [2.75, 3.05) is 0 Å². The van der Waals surface area contributed by atoms with Crippen molar-refractivity contribution < 1.29 is 14.0 Å². The van der Waals surface area contributed by atoms with Gasteiger partial charge in [0, 0.05) is 36.6 Å². The van der Waals surface area contributed by atoms with E-state index in [9.17, 15) is 14.0 Å². The Balaban J connectivity index is 1.60. The highest BCUT2D eigenvalue weighted by molar-refractivity contribution is 6.32. The minimum Gasteiger partial charge on any atom is -0.351 e. The maximum Gasteiger partial charge on any atom is 0.226 e. The largest absolute Gasteiger partial charge is 0.351 e. The first kappa shape index (κ1) is 21.2. The van der Waals surface area contributed by atoms with Crippen molar-refractivity contribution in [2.45, 2.75) is 32.9 Å². The Hall–Kier alpha value is -3.51. The van der Waals surface area contributed by atoms with Gasteiger partial charge in [0.1, 0.15) is 17.4 Å². The number of carbonyl (C=O) groups excluding carboxylic acids is 2. The second-order valence-corrected chi connectivity index (χ2v) is 7.22. The molecule has 154 valence electrons. The third-order valence-electron chi connectivity index (χ3n) is 4.27. The number of aromatic nitrogens is 4. The second kappa shape index (κ2) is 8.88. The molecule has 0 unspecified atom stereocenters. The summed E-state index contributed by atoms with van der Waals surface area (Å²) < 4.78 is 15.6. The number of H-pyrrole nitrogens is 1. The monoisotopic (exact) mass is 428 g/mol. The van der Waals surface area contributed by atoms with Crippen LogP contribution in [0.4, 0.5) is 4.39 Å². The average Bonchev–Trinajstić information content (AvgIpc) is 3.31. The second-order valence-electron chi connectivity index (χ2n) is 6.81. The van der Waals surface area contributed by atoms with Crippen LogP contribution in [0, 0.1) is 17.1 Å². The lowest BCUT2D eigenvalue weighted by Gasteiger charge is -2.13. The first-order valence-electron chi connectivity index (χ1n) is 9.04. The molecule has 0 bridgehead atoms. The predicted molar refractivity (Wildman–Crippen MR) is 107 cm³/mol. The molecule has 0 saturated heterocycles. The van der Waals surface area contributed by atoms with Gasteiger partial charge in [-0.1, -0.05) is 11.6 Å². The summed E-state index contributed by atoms with van der Waals surface area (Å²) in [4.78, 5) is 30.2. The summed E-state index contributed by atoms with van der Waals surface area (Å²) in [7, 11) is 0. The number of ketones is 1. The molecule has 1 aromatic carbocycles. The van der Waals surface area contributed by atoms with Gasteiger partial charge in [-0.15, -0.1) is 0 Å². The third-order valence-corrected chi connectivity index (χ3v) is 4.57. The molecule has 0 spiro atoms. The van der Waals surface area contributed by atoms with Gasteiger partial charge in [0.15, 0.2) is 11.6 Å². The van der Waals surface area contributed by atoms with E-state index in [-0.39, 0.29) is 40.6 Å². The van der Waals surface area contributed by atoms with E-state index in [1.165, 1.54) is 25.3 Å². The molecule has 3 aromatic rings. The highest BCUT2D eigenvalue weighted by Gasteiger charge is 2.14. The predicted octanol–water partition coefficient (Wildman–Crippen LogP) is 2.89. The normalized spacial score (nSPS) is 11.7. The molecule has 2 heterocycles. The van der Waals surface area contributed by atoms with Crippen LogP contribution in [-0.2, 0) is 17.8 Å². The number of rotatable bonds is 7. The smallest absolute Gasteiger partial charge is 0.226 e. The van der Waals surface area contributed by atoms with Gasteiger partial charge in [-0.05, 0) is 25.1 Å². The molecular weight excluding hydrogens is 411 g/mol. The van der Waals surface area contributed by atoms with Gasteiger partial charge in [-0.25, -0.2) is 9.37 Å². The lowest BCUT2D eigenvalue weighted by molar-refractivity contribution is -0.121. The summed E-state index contributed by atoms with van der Waals surface area (Å²) in [5.74, 6) is -0.918. The summed E-state index contributed by atoms with van der Waals surface area (Å²) in [6, 6.07) is 5.88. The highest BCUT2D eigenvalue weighted by atomic mass is 35.5. The van der Waals surface area contributed by atoms with Gasteiger partial charge in [0.2, 0.25) is 5.91 Å². The van der Waals surface area contributed by atoms with Crippen LogP contribution < -0.4 is 5.32 Å². The maximum atomic E-state index is 14.0. The van der Waals surface area contributed by atoms with Crippen molar-refractivity contribution in [3.63, 3.8) is 0 Å². The molecule has 30 heavy (non-hydrogen) atoms. The van der Waals surface area contributed by atoms with E-state index in [1.54, 1.807) is 23.0 Å². The van der Waals surface area contributed by atoms with Gasteiger partial charge in [0.05, 0.1) is 23.7 Å². The fourth-order valence-corrected chi connectivity index (χ4v) is 3.15. The summed E-state index contributed by atoms with van der Waals surface area (Å²) in [6.07, 6.45) is 3.23. The van der Waals surface area contributed by atoms with E-state index in [0.29, 0.717) is 23.5 Å². The van der Waals surface area contributed by atoms with Gasteiger partial charge in [0.25, 0.3) is 0 Å². The number of halogens is 2. The number of imidazole rings is 1. The molecule has 2 aromatic heterocycles. The molecule has 1 amide bonds. The van der Waals surface area contributed by atoms with Crippen molar-refractivity contribution in [3.8, 4) is 17.3 Å². The van der Waals surface area contributed by atoms with Gasteiger partial charge in [-0.2, -0.15) is 10.4 Å². The number of nitrogens with zero attached hydrogens (tertiary/aromatic N) is 4. The third kappa shape index (κ3) is 4.90. The van der Waals surface area contributed by atoms with Crippen molar-refractivity contribution in [1.82, 2.24) is 25.1 Å². The fraction of sp³-hybridized carbons (Fsp3) is 0.250. The fourth-order valence-electron chi connectivity index (χ4n) is 2.90. The van der Waals surface area contributed by atoms with Crippen LogP contribution in [0.25, 0.3) is 11.3 Å². The molecule has 8 nitrogen and oxygen atoms in total. The lowest BCUT2D eigenvalue weighted by Crippen LogP contribution is -2.36. The molecule has 10 heteroatoms. The Morgan fingerprint density at radius 1 is 1.43 bits per heavy atom. The van der Waals surface area contributed by atoms with E-state index in [4.69, 9.17) is 16.9 Å². The van der Waals surface area contributed by atoms with Gasteiger partial charge >= 0.3 is 0 Å². The number of Topliss-reactive ketones (excluding diaryl/α,β-unsaturated/α-hetero) is 1. The van der Waals surface area contributed by atoms with Crippen molar-refractivity contribution in [1.29, 1.82) is 5.26 Å². The number of benzene rings is 1. The molecule has 0 saturated carbocycles. The minimum atomic E-state index is -0.707. The van der Waals surface area contributed by atoms with Crippen molar-refractivity contribution >= 4 is 23.3 Å². The summed E-state index contributed by atoms with van der Waals surface area (Å²) in [6.45, 7) is 3.61. The van der Waals surface area contributed by atoms with E-state index in [2.05, 4.69) is 20.4 Å². The quantitative estimate of drug-likeness (QED) is 0.561. The van der Waals surface area contributed by atoms with Gasteiger partial charge in [-0.3, -0.25) is 14.3 Å². The zero-order chi connectivity index (χ0) is 21.8. The van der Waals surface area contributed by atoms with Crippen molar-refractivity contribution in [2.24, 2.45) is 0 Å². The molecule has 0 aliphatic rings. The number of nitrogens with one attached hydrogen (secondary N) is 2. The van der Waals surface area contributed by atoms with E-state index < -0.39 is 5.82 Å². The number of aromatic amines is 1.